The van der Waals surface area contributed by atoms with E-state index in [9.17, 15) is 0 Å². The van der Waals surface area contributed by atoms with Crippen LogP contribution in [0.3, 0.4) is 0 Å². The van der Waals surface area contributed by atoms with E-state index in [4.69, 9.17) is 0 Å². The molecule has 2 heteroatoms. The summed E-state index contributed by atoms with van der Waals surface area (Å²) in [4.78, 5) is 2.63. The first-order valence-corrected chi connectivity index (χ1v) is 7.92. The number of fused-ring (bicyclic) bond motifs is 1. The average Bonchev–Trinajstić information content (AvgIpc) is 2.47. The molecule has 104 valence electrons. The van der Waals surface area contributed by atoms with Crippen LogP contribution in [0.2, 0.25) is 0 Å². The number of nitrogens with one attached hydrogen (secondary N) is 1. The van der Waals surface area contributed by atoms with Gasteiger partial charge in [0.2, 0.25) is 0 Å². The highest BCUT2D eigenvalue weighted by Crippen LogP contribution is 2.29. The lowest BCUT2D eigenvalue weighted by molar-refractivity contribution is 0.357. The van der Waals surface area contributed by atoms with Gasteiger partial charge in [-0.15, -0.1) is 0 Å². The fourth-order valence-corrected chi connectivity index (χ4v) is 3.68. The summed E-state index contributed by atoms with van der Waals surface area (Å²) in [5.74, 6) is 0. The van der Waals surface area contributed by atoms with E-state index >= 15 is 0 Å². The van der Waals surface area contributed by atoms with Crippen LogP contribution in [0.15, 0.2) is 24.3 Å². The molecule has 2 unspecified atom stereocenters. The zero-order valence-electron chi connectivity index (χ0n) is 12.1. The summed E-state index contributed by atoms with van der Waals surface area (Å²) in [6.45, 7) is 4.84. The lowest BCUT2D eigenvalue weighted by Crippen LogP contribution is -2.43. The molecule has 0 amide bonds. The number of hydrogen-bond acceptors (Lipinski definition) is 2. The molecule has 2 aliphatic heterocycles. The Bertz CT molecular complexity index is 409. The molecular weight excluding hydrogens is 232 g/mol. The highest BCUT2D eigenvalue weighted by Gasteiger charge is 2.24. The van der Waals surface area contributed by atoms with Gasteiger partial charge in [0.15, 0.2) is 0 Å². The summed E-state index contributed by atoms with van der Waals surface area (Å²) >= 11 is 0. The second-order valence-corrected chi connectivity index (χ2v) is 6.16. The van der Waals surface area contributed by atoms with Gasteiger partial charge in [-0.1, -0.05) is 24.6 Å². The Hall–Kier alpha value is -1.02. The van der Waals surface area contributed by atoms with Gasteiger partial charge in [-0.2, -0.15) is 0 Å². The van der Waals surface area contributed by atoms with Crippen molar-refractivity contribution >= 4 is 5.69 Å². The number of nitrogens with zero attached hydrogens (tertiary/aromatic N) is 1. The van der Waals surface area contributed by atoms with Crippen LogP contribution in [-0.2, 0) is 6.42 Å². The lowest BCUT2D eigenvalue weighted by atomic mass is 9.95. The second kappa shape index (κ2) is 5.96. The quantitative estimate of drug-likeness (QED) is 0.894. The molecule has 0 radical (unpaired) electrons. The molecule has 1 fully saturated rings. The average molecular weight is 258 g/mol. The van der Waals surface area contributed by atoms with Crippen molar-refractivity contribution in [3.05, 3.63) is 29.8 Å². The smallest absolute Gasteiger partial charge is 0.0401 e. The Balaban J connectivity index is 1.68. The number of hydrogen-bond donors (Lipinski definition) is 1. The number of aryl methyl sites for hydroxylation is 1. The zero-order valence-corrected chi connectivity index (χ0v) is 12.1. The third kappa shape index (κ3) is 2.94. The fourth-order valence-electron chi connectivity index (χ4n) is 3.68. The van der Waals surface area contributed by atoms with E-state index in [-0.39, 0.29) is 0 Å². The van der Waals surface area contributed by atoms with Gasteiger partial charge in [0.25, 0.3) is 0 Å². The van der Waals surface area contributed by atoms with E-state index < -0.39 is 0 Å². The van der Waals surface area contributed by atoms with Crippen LogP contribution in [0.25, 0.3) is 0 Å². The summed E-state index contributed by atoms with van der Waals surface area (Å²) < 4.78 is 0. The Morgan fingerprint density at radius 1 is 1.26 bits per heavy atom. The highest BCUT2D eigenvalue weighted by atomic mass is 15.2. The predicted octanol–water partition coefficient (Wildman–Crippen LogP) is 3.36. The standard InChI is InChI=1S/C17H26N2/c1-14(13-16-9-4-5-11-18-16)19-12-6-8-15-7-2-3-10-17(15)19/h2-3,7,10,14,16,18H,4-6,8-9,11-13H2,1H3. The van der Waals surface area contributed by atoms with Crippen LogP contribution in [0.5, 0.6) is 0 Å². The molecule has 3 rings (SSSR count). The topological polar surface area (TPSA) is 15.3 Å². The zero-order chi connectivity index (χ0) is 13.1. The summed E-state index contributed by atoms with van der Waals surface area (Å²) in [7, 11) is 0. The van der Waals surface area contributed by atoms with Crippen molar-refractivity contribution in [3.63, 3.8) is 0 Å². The number of benzene rings is 1. The second-order valence-electron chi connectivity index (χ2n) is 6.16. The van der Waals surface area contributed by atoms with Gasteiger partial charge in [-0.3, -0.25) is 0 Å². The normalized spacial score (nSPS) is 24.9. The molecule has 0 saturated carbocycles. The molecule has 0 aliphatic carbocycles. The summed E-state index contributed by atoms with van der Waals surface area (Å²) in [6.07, 6.45) is 7.97. The molecule has 0 bridgehead atoms. The minimum Gasteiger partial charge on any atom is -0.369 e. The summed E-state index contributed by atoms with van der Waals surface area (Å²) in [5, 5.41) is 3.69. The van der Waals surface area contributed by atoms with Crippen LogP contribution in [-0.4, -0.2) is 25.2 Å². The minimum absolute atomic E-state index is 0.650. The van der Waals surface area contributed by atoms with Gasteiger partial charge < -0.3 is 10.2 Å². The van der Waals surface area contributed by atoms with E-state index in [2.05, 4.69) is 41.4 Å². The van der Waals surface area contributed by atoms with Crippen molar-refractivity contribution in [1.82, 2.24) is 5.32 Å². The van der Waals surface area contributed by atoms with Crippen molar-refractivity contribution < 1.29 is 0 Å². The number of piperidine rings is 1. The molecule has 1 saturated heterocycles. The molecule has 2 aliphatic rings. The third-order valence-electron chi connectivity index (χ3n) is 4.72. The maximum atomic E-state index is 3.69. The molecule has 0 spiro atoms. The fraction of sp³-hybridized carbons (Fsp3) is 0.647. The van der Waals surface area contributed by atoms with Gasteiger partial charge >= 0.3 is 0 Å². The van der Waals surface area contributed by atoms with E-state index in [1.165, 1.54) is 62.9 Å². The predicted molar refractivity (Wildman–Crippen MR) is 81.8 cm³/mol. The van der Waals surface area contributed by atoms with E-state index in [0.29, 0.717) is 6.04 Å². The van der Waals surface area contributed by atoms with E-state index in [0.717, 1.165) is 6.04 Å². The van der Waals surface area contributed by atoms with Gasteiger partial charge in [0.05, 0.1) is 0 Å². The molecule has 2 heterocycles. The van der Waals surface area contributed by atoms with Crippen LogP contribution in [0, 0.1) is 0 Å². The monoisotopic (exact) mass is 258 g/mol. The Morgan fingerprint density at radius 3 is 3.00 bits per heavy atom. The van der Waals surface area contributed by atoms with Crippen molar-refractivity contribution in [2.75, 3.05) is 18.0 Å². The van der Waals surface area contributed by atoms with Gasteiger partial charge in [0.1, 0.15) is 0 Å². The van der Waals surface area contributed by atoms with Crippen LogP contribution < -0.4 is 10.2 Å². The Labute approximate surface area is 117 Å². The largest absolute Gasteiger partial charge is 0.369 e. The highest BCUT2D eigenvalue weighted by molar-refractivity contribution is 5.56. The third-order valence-corrected chi connectivity index (χ3v) is 4.72. The molecule has 1 aromatic carbocycles. The Kier molecular flexibility index (Phi) is 4.07. The minimum atomic E-state index is 0.650. The lowest BCUT2D eigenvalue weighted by Gasteiger charge is -2.38. The van der Waals surface area contributed by atoms with Crippen molar-refractivity contribution in [3.8, 4) is 0 Å². The van der Waals surface area contributed by atoms with Gasteiger partial charge in [0, 0.05) is 24.3 Å². The first-order valence-electron chi connectivity index (χ1n) is 7.92. The van der Waals surface area contributed by atoms with Crippen LogP contribution in [0.4, 0.5) is 5.69 Å². The van der Waals surface area contributed by atoms with E-state index in [1.54, 1.807) is 0 Å². The number of rotatable bonds is 3. The maximum Gasteiger partial charge on any atom is 0.0401 e. The van der Waals surface area contributed by atoms with Crippen molar-refractivity contribution in [1.29, 1.82) is 0 Å². The SMILES string of the molecule is CC(CC1CCCCN1)N1CCCc2ccccc21. The van der Waals surface area contributed by atoms with Crippen molar-refractivity contribution in [2.24, 2.45) is 0 Å². The van der Waals surface area contributed by atoms with Gasteiger partial charge in [-0.25, -0.2) is 0 Å². The Morgan fingerprint density at radius 2 is 2.16 bits per heavy atom. The first kappa shape index (κ1) is 13.0. The molecule has 1 aromatic rings. The van der Waals surface area contributed by atoms with Crippen molar-refractivity contribution in [2.45, 2.75) is 57.5 Å². The molecular formula is C17H26N2. The van der Waals surface area contributed by atoms with Crippen LogP contribution >= 0.6 is 0 Å². The molecule has 0 aromatic heterocycles. The van der Waals surface area contributed by atoms with E-state index in [1.807, 2.05) is 0 Å². The van der Waals surface area contributed by atoms with Gasteiger partial charge in [-0.05, 0) is 57.2 Å². The molecule has 19 heavy (non-hydrogen) atoms. The first-order chi connectivity index (χ1) is 9.34. The maximum absolute atomic E-state index is 3.69. The summed E-state index contributed by atoms with van der Waals surface area (Å²) in [6, 6.07) is 10.3. The van der Waals surface area contributed by atoms with Crippen LogP contribution in [0.1, 0.15) is 44.6 Å². The molecule has 2 nitrogen and oxygen atoms in total. The summed E-state index contributed by atoms with van der Waals surface area (Å²) in [5.41, 5.74) is 3.02. The number of anilines is 1. The molecule has 2 atom stereocenters. The number of para-hydroxylation sites is 1. The molecule has 1 N–H and O–H groups in total.